The molecule has 1 saturated heterocycles. The molecule has 1 heterocycles. The second-order valence-corrected chi connectivity index (χ2v) is 2.18. The molecule has 1 rings (SSSR count). The van der Waals surface area contributed by atoms with Gasteiger partial charge in [-0.25, -0.2) is 0 Å². The first-order valence-electron chi connectivity index (χ1n) is 2.64. The van der Waals surface area contributed by atoms with Gasteiger partial charge >= 0.3 is 0 Å². The highest BCUT2D eigenvalue weighted by molar-refractivity contribution is 4.73. The van der Waals surface area contributed by atoms with Crippen molar-refractivity contribution >= 4 is 0 Å². The summed E-state index contributed by atoms with van der Waals surface area (Å²) in [6.45, 7) is 3.71. The Bertz CT molecular complexity index is 57.1. The van der Waals surface area contributed by atoms with Gasteiger partial charge in [0.25, 0.3) is 0 Å². The van der Waals surface area contributed by atoms with Crippen LogP contribution in [-0.4, -0.2) is 19.3 Å². The van der Waals surface area contributed by atoms with E-state index in [-0.39, 0.29) is 0 Å². The van der Waals surface area contributed by atoms with Crippen molar-refractivity contribution < 1.29 is 4.74 Å². The van der Waals surface area contributed by atoms with Crippen molar-refractivity contribution in [3.05, 3.63) is 0 Å². The molecular weight excluding hydrogens is 90.1 g/mol. The summed E-state index contributed by atoms with van der Waals surface area (Å²) in [6.07, 6.45) is 0. The van der Waals surface area contributed by atoms with Crippen molar-refractivity contribution in [3.8, 4) is 0 Å². The molecule has 0 aromatic heterocycles. The second kappa shape index (κ2) is 1.80. The molecule has 0 saturated carbocycles. The molecule has 0 radical (unpaired) electrons. The first-order chi connectivity index (χ1) is 3.30. The van der Waals surface area contributed by atoms with Crippen LogP contribution >= 0.6 is 0 Å². The summed E-state index contributed by atoms with van der Waals surface area (Å²) >= 11 is 0. The van der Waals surface area contributed by atoms with Crippen molar-refractivity contribution in [2.24, 2.45) is 11.7 Å². The molecule has 0 bridgehead atoms. The molecule has 1 aliphatic rings. The molecule has 2 N–H and O–H groups in total. The minimum absolute atomic E-state index is 0.292. The van der Waals surface area contributed by atoms with Gasteiger partial charge in [0.2, 0.25) is 0 Å². The fraction of sp³-hybridized carbons (Fsp3) is 1.00. The summed E-state index contributed by atoms with van der Waals surface area (Å²) in [5.41, 5.74) is 5.55. The third-order valence-electron chi connectivity index (χ3n) is 1.42. The second-order valence-electron chi connectivity index (χ2n) is 2.18. The van der Waals surface area contributed by atoms with E-state index in [1.165, 1.54) is 0 Å². The Morgan fingerprint density at radius 1 is 1.57 bits per heavy atom. The quantitative estimate of drug-likeness (QED) is 0.465. The van der Waals surface area contributed by atoms with Crippen LogP contribution in [0, 0.1) is 5.92 Å². The maximum atomic E-state index is 5.55. The number of nitrogens with two attached hydrogens (primary N) is 1. The number of hydrogen-bond acceptors (Lipinski definition) is 2. The summed E-state index contributed by atoms with van der Waals surface area (Å²) in [5, 5.41) is 0. The van der Waals surface area contributed by atoms with Crippen LogP contribution in [0.5, 0.6) is 0 Å². The van der Waals surface area contributed by atoms with Crippen LogP contribution in [0.1, 0.15) is 6.92 Å². The van der Waals surface area contributed by atoms with E-state index in [0.717, 1.165) is 13.2 Å². The Balaban J connectivity index is 2.33. The monoisotopic (exact) mass is 101 g/mol. The van der Waals surface area contributed by atoms with Crippen molar-refractivity contribution in [3.63, 3.8) is 0 Å². The number of hydrogen-bond donors (Lipinski definition) is 1. The predicted octanol–water partition coefficient (Wildman–Crippen LogP) is -0.0200. The van der Waals surface area contributed by atoms with E-state index in [1.807, 2.05) is 0 Å². The van der Waals surface area contributed by atoms with E-state index in [0.29, 0.717) is 12.0 Å². The molecule has 1 fully saturated rings. The Labute approximate surface area is 43.6 Å². The van der Waals surface area contributed by atoms with E-state index >= 15 is 0 Å². The summed E-state index contributed by atoms with van der Waals surface area (Å²) in [4.78, 5) is 0. The first-order valence-corrected chi connectivity index (χ1v) is 2.64. The van der Waals surface area contributed by atoms with Gasteiger partial charge in [0.05, 0.1) is 13.2 Å². The highest BCUT2D eigenvalue weighted by atomic mass is 16.5. The summed E-state index contributed by atoms with van der Waals surface area (Å²) in [7, 11) is 0. The highest BCUT2D eigenvalue weighted by Gasteiger charge is 2.18. The summed E-state index contributed by atoms with van der Waals surface area (Å²) in [6, 6.07) is 0.292. The maximum absolute atomic E-state index is 5.55. The van der Waals surface area contributed by atoms with Gasteiger partial charge in [0.1, 0.15) is 0 Å². The SMILES string of the molecule is CC1COCC1N. The topological polar surface area (TPSA) is 35.2 Å². The van der Waals surface area contributed by atoms with E-state index in [2.05, 4.69) is 6.92 Å². The van der Waals surface area contributed by atoms with Gasteiger partial charge in [-0.3, -0.25) is 0 Å². The molecule has 0 spiro atoms. The molecule has 0 aromatic carbocycles. The molecule has 42 valence electrons. The van der Waals surface area contributed by atoms with E-state index in [4.69, 9.17) is 10.5 Å². The van der Waals surface area contributed by atoms with Gasteiger partial charge in [-0.1, -0.05) is 6.92 Å². The minimum atomic E-state index is 0.292. The van der Waals surface area contributed by atoms with Crippen molar-refractivity contribution in [1.82, 2.24) is 0 Å². The van der Waals surface area contributed by atoms with E-state index < -0.39 is 0 Å². The average Bonchev–Trinajstić information content (AvgIpc) is 1.91. The molecule has 0 aliphatic carbocycles. The third-order valence-corrected chi connectivity index (χ3v) is 1.42. The van der Waals surface area contributed by atoms with Gasteiger partial charge < -0.3 is 10.5 Å². The van der Waals surface area contributed by atoms with Gasteiger partial charge in [-0.2, -0.15) is 0 Å². The standard InChI is InChI=1S/C5H11NO/c1-4-2-7-3-5(4)6/h4-5H,2-3,6H2,1H3. The fourth-order valence-electron chi connectivity index (χ4n) is 0.678. The van der Waals surface area contributed by atoms with Crippen LogP contribution < -0.4 is 5.73 Å². The Kier molecular flexibility index (Phi) is 1.30. The van der Waals surface area contributed by atoms with E-state index in [1.54, 1.807) is 0 Å². The van der Waals surface area contributed by atoms with Crippen LogP contribution in [-0.2, 0) is 4.74 Å². The zero-order chi connectivity index (χ0) is 5.28. The van der Waals surface area contributed by atoms with Crippen LogP contribution in [0.3, 0.4) is 0 Å². The smallest absolute Gasteiger partial charge is 0.0621 e. The molecule has 1 aliphatic heterocycles. The molecule has 2 nitrogen and oxygen atoms in total. The number of ether oxygens (including phenoxy) is 1. The lowest BCUT2D eigenvalue weighted by molar-refractivity contribution is 0.186. The predicted molar refractivity (Wildman–Crippen MR) is 28.0 cm³/mol. The molecule has 2 heteroatoms. The summed E-state index contributed by atoms with van der Waals surface area (Å²) in [5.74, 6) is 0.569. The lowest BCUT2D eigenvalue weighted by Crippen LogP contribution is -2.25. The Hall–Kier alpha value is -0.0800. The molecule has 0 amide bonds. The zero-order valence-electron chi connectivity index (χ0n) is 4.55. The van der Waals surface area contributed by atoms with E-state index in [9.17, 15) is 0 Å². The minimum Gasteiger partial charge on any atom is -0.379 e. The normalized spacial score (nSPS) is 42.0. The van der Waals surface area contributed by atoms with Crippen molar-refractivity contribution in [1.29, 1.82) is 0 Å². The largest absolute Gasteiger partial charge is 0.379 e. The van der Waals surface area contributed by atoms with Crippen molar-refractivity contribution in [2.75, 3.05) is 13.2 Å². The van der Waals surface area contributed by atoms with Crippen LogP contribution in [0.15, 0.2) is 0 Å². The zero-order valence-corrected chi connectivity index (χ0v) is 4.55. The molecular formula is C5H11NO. The first kappa shape index (κ1) is 5.06. The Morgan fingerprint density at radius 3 is 2.43 bits per heavy atom. The van der Waals surface area contributed by atoms with Crippen LogP contribution in [0.25, 0.3) is 0 Å². The molecule has 7 heavy (non-hydrogen) atoms. The molecule has 2 atom stereocenters. The van der Waals surface area contributed by atoms with Crippen LogP contribution in [0.4, 0.5) is 0 Å². The lowest BCUT2D eigenvalue weighted by Gasteiger charge is -2.02. The Morgan fingerprint density at radius 2 is 2.29 bits per heavy atom. The lowest BCUT2D eigenvalue weighted by atomic mass is 10.1. The van der Waals surface area contributed by atoms with Gasteiger partial charge in [0.15, 0.2) is 0 Å². The summed E-state index contributed by atoms with van der Waals surface area (Å²) < 4.78 is 5.04. The fourth-order valence-corrected chi connectivity index (χ4v) is 0.678. The van der Waals surface area contributed by atoms with Crippen LogP contribution in [0.2, 0.25) is 0 Å². The van der Waals surface area contributed by atoms with Gasteiger partial charge in [-0.05, 0) is 5.92 Å². The average molecular weight is 101 g/mol. The van der Waals surface area contributed by atoms with Gasteiger partial charge in [-0.15, -0.1) is 0 Å². The third kappa shape index (κ3) is 0.924. The maximum Gasteiger partial charge on any atom is 0.0621 e. The van der Waals surface area contributed by atoms with Gasteiger partial charge in [0, 0.05) is 6.04 Å². The van der Waals surface area contributed by atoms with Crippen molar-refractivity contribution in [2.45, 2.75) is 13.0 Å². The molecule has 0 aromatic rings. The highest BCUT2D eigenvalue weighted by Crippen LogP contribution is 2.08. The number of rotatable bonds is 0. The molecule has 2 unspecified atom stereocenters.